The average molecular weight is 484 g/mol. The van der Waals surface area contributed by atoms with Crippen LogP contribution in [0.25, 0.3) is 5.69 Å². The van der Waals surface area contributed by atoms with E-state index in [1.807, 2.05) is 36.6 Å². The largest absolute Gasteiger partial charge is 0.493 e. The number of carbonyl (C=O) groups excluding carboxylic acids is 1. The Bertz CT molecular complexity index is 1150. The van der Waals surface area contributed by atoms with E-state index in [1.165, 1.54) is 11.8 Å². The molecule has 0 radical (unpaired) electrons. The summed E-state index contributed by atoms with van der Waals surface area (Å²) in [7, 11) is 3.14. The lowest BCUT2D eigenvalue weighted by atomic mass is 10.2. The highest BCUT2D eigenvalue weighted by atomic mass is 32.2. The molecule has 1 aromatic heterocycles. The van der Waals surface area contributed by atoms with E-state index in [0.29, 0.717) is 35.6 Å². The minimum absolute atomic E-state index is 0.149. The molecule has 1 atom stereocenters. The molecule has 1 unspecified atom stereocenters. The summed E-state index contributed by atoms with van der Waals surface area (Å²) >= 11 is 1.36. The van der Waals surface area contributed by atoms with Gasteiger partial charge in [-0.1, -0.05) is 23.9 Å². The van der Waals surface area contributed by atoms with Crippen LogP contribution >= 0.6 is 11.8 Å². The van der Waals surface area contributed by atoms with E-state index in [-0.39, 0.29) is 5.91 Å². The Morgan fingerprint density at radius 2 is 1.85 bits per heavy atom. The SMILES string of the molecule is COc1ccc(NC(=O)C(C)Sc2nnc(N3CCOCC3)n2-c2cccc(C)c2)cc1OC. The van der Waals surface area contributed by atoms with E-state index >= 15 is 0 Å². The number of nitrogens with zero attached hydrogens (tertiary/aromatic N) is 4. The Hall–Kier alpha value is -3.24. The lowest BCUT2D eigenvalue weighted by molar-refractivity contribution is -0.115. The maximum Gasteiger partial charge on any atom is 0.237 e. The van der Waals surface area contributed by atoms with E-state index < -0.39 is 5.25 Å². The minimum atomic E-state index is -0.418. The quantitative estimate of drug-likeness (QED) is 0.487. The number of hydrogen-bond acceptors (Lipinski definition) is 8. The second-order valence-corrected chi connectivity index (χ2v) is 9.18. The second-order valence-electron chi connectivity index (χ2n) is 7.88. The monoisotopic (exact) mass is 483 g/mol. The van der Waals surface area contributed by atoms with Crippen molar-refractivity contribution in [3.63, 3.8) is 0 Å². The summed E-state index contributed by atoms with van der Waals surface area (Å²) in [6, 6.07) is 13.5. The molecule has 1 amide bonds. The molecule has 0 saturated carbocycles. The van der Waals surface area contributed by atoms with Crippen LogP contribution in [-0.2, 0) is 9.53 Å². The molecule has 4 rings (SSSR count). The fourth-order valence-electron chi connectivity index (χ4n) is 3.67. The summed E-state index contributed by atoms with van der Waals surface area (Å²) in [6.07, 6.45) is 0. The van der Waals surface area contributed by atoms with Gasteiger partial charge in [0.15, 0.2) is 16.7 Å². The molecule has 1 aliphatic rings. The first-order valence-electron chi connectivity index (χ1n) is 11.0. The van der Waals surface area contributed by atoms with Crippen molar-refractivity contribution in [3.8, 4) is 17.2 Å². The molecule has 10 heteroatoms. The number of anilines is 2. The fraction of sp³-hybridized carbons (Fsp3) is 0.375. The van der Waals surface area contributed by atoms with E-state index in [4.69, 9.17) is 14.2 Å². The van der Waals surface area contributed by atoms with Crippen LogP contribution in [0, 0.1) is 6.92 Å². The molecule has 34 heavy (non-hydrogen) atoms. The Morgan fingerprint density at radius 1 is 1.09 bits per heavy atom. The van der Waals surface area contributed by atoms with Gasteiger partial charge in [-0.25, -0.2) is 0 Å². The molecule has 0 aliphatic carbocycles. The van der Waals surface area contributed by atoms with Crippen molar-refractivity contribution in [1.82, 2.24) is 14.8 Å². The summed E-state index contributed by atoms with van der Waals surface area (Å²) in [5, 5.41) is 12.1. The topological polar surface area (TPSA) is 90.7 Å². The molecule has 1 fully saturated rings. The molecule has 9 nitrogen and oxygen atoms in total. The van der Waals surface area contributed by atoms with Crippen molar-refractivity contribution in [2.75, 3.05) is 50.7 Å². The number of aryl methyl sites for hydroxylation is 1. The van der Waals surface area contributed by atoms with Crippen LogP contribution in [0.5, 0.6) is 11.5 Å². The Morgan fingerprint density at radius 3 is 2.56 bits per heavy atom. The number of amides is 1. The predicted molar refractivity (Wildman–Crippen MR) is 133 cm³/mol. The van der Waals surface area contributed by atoms with Crippen molar-refractivity contribution < 1.29 is 19.0 Å². The van der Waals surface area contributed by atoms with Crippen LogP contribution in [0.3, 0.4) is 0 Å². The smallest absolute Gasteiger partial charge is 0.237 e. The number of ether oxygens (including phenoxy) is 3. The van der Waals surface area contributed by atoms with Crippen LogP contribution in [-0.4, -0.2) is 66.4 Å². The second kappa shape index (κ2) is 10.8. The zero-order valence-electron chi connectivity index (χ0n) is 19.8. The van der Waals surface area contributed by atoms with Gasteiger partial charge in [-0.2, -0.15) is 0 Å². The number of rotatable bonds is 8. The van der Waals surface area contributed by atoms with E-state index in [2.05, 4.69) is 26.5 Å². The van der Waals surface area contributed by atoms with Crippen molar-refractivity contribution in [2.45, 2.75) is 24.3 Å². The number of aromatic nitrogens is 3. The van der Waals surface area contributed by atoms with Crippen LogP contribution in [0.4, 0.5) is 11.6 Å². The normalized spacial score (nSPS) is 14.5. The lowest BCUT2D eigenvalue weighted by Crippen LogP contribution is -2.38. The van der Waals surface area contributed by atoms with E-state index in [0.717, 1.165) is 30.3 Å². The van der Waals surface area contributed by atoms with E-state index in [9.17, 15) is 4.79 Å². The fourth-order valence-corrected chi connectivity index (χ4v) is 4.53. The molecule has 180 valence electrons. The molecule has 0 bridgehead atoms. The first-order chi connectivity index (χ1) is 16.5. The summed E-state index contributed by atoms with van der Waals surface area (Å²) in [5.74, 6) is 1.76. The summed E-state index contributed by atoms with van der Waals surface area (Å²) in [4.78, 5) is 15.2. The molecular formula is C24H29N5O4S. The average Bonchev–Trinajstić information content (AvgIpc) is 3.27. The van der Waals surface area contributed by atoms with Gasteiger partial charge in [-0.15, -0.1) is 10.2 Å². The van der Waals surface area contributed by atoms with Gasteiger partial charge >= 0.3 is 0 Å². The van der Waals surface area contributed by atoms with Crippen LogP contribution in [0.1, 0.15) is 12.5 Å². The minimum Gasteiger partial charge on any atom is -0.493 e. The maximum absolute atomic E-state index is 13.0. The number of morpholine rings is 1. The molecule has 1 N–H and O–H groups in total. The Labute approximate surface area is 203 Å². The van der Waals surface area contributed by atoms with Gasteiger partial charge in [-0.05, 0) is 43.7 Å². The molecule has 1 aliphatic heterocycles. The molecular weight excluding hydrogens is 454 g/mol. The summed E-state index contributed by atoms with van der Waals surface area (Å²) < 4.78 is 18.1. The van der Waals surface area contributed by atoms with Gasteiger partial charge in [0.1, 0.15) is 0 Å². The summed E-state index contributed by atoms with van der Waals surface area (Å²) in [6.45, 7) is 6.67. The number of hydrogen-bond donors (Lipinski definition) is 1. The standard InChI is InChI=1S/C24H29N5O4S/c1-16-6-5-7-19(14-16)29-23(28-10-12-33-13-11-28)26-27-24(29)34-17(2)22(30)25-18-8-9-20(31-3)21(15-18)32-4/h5-9,14-15,17H,10-13H2,1-4H3,(H,25,30). The third kappa shape index (κ3) is 5.28. The van der Waals surface area contributed by atoms with Crippen LogP contribution < -0.4 is 19.7 Å². The molecule has 1 saturated heterocycles. The molecule has 2 heterocycles. The first kappa shape index (κ1) is 23.9. The third-order valence-electron chi connectivity index (χ3n) is 5.47. The number of nitrogens with one attached hydrogen (secondary N) is 1. The van der Waals surface area contributed by atoms with Gasteiger partial charge in [0.05, 0.1) is 38.4 Å². The number of methoxy groups -OCH3 is 2. The van der Waals surface area contributed by atoms with Gasteiger partial charge in [0, 0.05) is 24.8 Å². The number of carbonyl (C=O) groups is 1. The van der Waals surface area contributed by atoms with Gasteiger partial charge in [0.2, 0.25) is 11.9 Å². The maximum atomic E-state index is 13.0. The Kier molecular flexibility index (Phi) is 7.59. The zero-order valence-corrected chi connectivity index (χ0v) is 20.6. The van der Waals surface area contributed by atoms with Gasteiger partial charge in [-0.3, -0.25) is 9.36 Å². The van der Waals surface area contributed by atoms with Crippen molar-refractivity contribution in [2.24, 2.45) is 0 Å². The van der Waals surface area contributed by atoms with Gasteiger partial charge in [0.25, 0.3) is 0 Å². The molecule has 2 aromatic carbocycles. The molecule has 0 spiro atoms. The van der Waals surface area contributed by atoms with Crippen molar-refractivity contribution in [3.05, 3.63) is 48.0 Å². The highest BCUT2D eigenvalue weighted by Gasteiger charge is 2.25. The predicted octanol–water partition coefficient (Wildman–Crippen LogP) is 3.55. The number of benzene rings is 2. The highest BCUT2D eigenvalue weighted by molar-refractivity contribution is 8.00. The summed E-state index contributed by atoms with van der Waals surface area (Å²) in [5.41, 5.74) is 2.72. The highest BCUT2D eigenvalue weighted by Crippen LogP contribution is 2.32. The molecule has 3 aromatic rings. The zero-order chi connectivity index (χ0) is 24.1. The van der Waals surface area contributed by atoms with Crippen molar-refractivity contribution >= 4 is 29.3 Å². The third-order valence-corrected chi connectivity index (χ3v) is 6.52. The van der Waals surface area contributed by atoms with Crippen LogP contribution in [0.15, 0.2) is 47.6 Å². The van der Waals surface area contributed by atoms with Crippen LogP contribution in [0.2, 0.25) is 0 Å². The Balaban J connectivity index is 1.57. The van der Waals surface area contributed by atoms with Gasteiger partial charge < -0.3 is 24.4 Å². The number of thioether (sulfide) groups is 1. The van der Waals surface area contributed by atoms with Crippen molar-refractivity contribution in [1.29, 1.82) is 0 Å². The van der Waals surface area contributed by atoms with E-state index in [1.54, 1.807) is 32.4 Å². The first-order valence-corrected chi connectivity index (χ1v) is 11.9. The lowest BCUT2D eigenvalue weighted by Gasteiger charge is -2.28.